The average molecular weight is 286 g/mol. The number of benzene rings is 1. The Morgan fingerprint density at radius 3 is 2.68 bits per heavy atom. The molecule has 19 heavy (non-hydrogen) atoms. The fraction of sp³-hybridized carbons (Fsp3) is 0.538. The SMILES string of the molecule is CCCCOc1ccc(CCN)cc1NS(C)(=O)=O. The Hall–Kier alpha value is -1.27. The molecule has 6 heteroatoms. The first-order chi connectivity index (χ1) is 8.96. The summed E-state index contributed by atoms with van der Waals surface area (Å²) in [5, 5.41) is 0. The van der Waals surface area contributed by atoms with Gasteiger partial charge in [0.15, 0.2) is 0 Å². The Labute approximate surface area is 115 Å². The molecule has 0 saturated carbocycles. The molecule has 5 nitrogen and oxygen atoms in total. The van der Waals surface area contributed by atoms with E-state index in [9.17, 15) is 8.42 Å². The van der Waals surface area contributed by atoms with Gasteiger partial charge in [-0.15, -0.1) is 0 Å². The number of nitrogens with one attached hydrogen (secondary N) is 1. The van der Waals surface area contributed by atoms with Crippen molar-refractivity contribution in [2.24, 2.45) is 5.73 Å². The Balaban J connectivity index is 2.93. The molecule has 0 bridgehead atoms. The van der Waals surface area contributed by atoms with Crippen LogP contribution in [-0.2, 0) is 16.4 Å². The highest BCUT2D eigenvalue weighted by Gasteiger charge is 2.09. The summed E-state index contributed by atoms with van der Waals surface area (Å²) < 4.78 is 30.8. The van der Waals surface area contributed by atoms with Gasteiger partial charge >= 0.3 is 0 Å². The van der Waals surface area contributed by atoms with Crippen molar-refractivity contribution in [3.63, 3.8) is 0 Å². The monoisotopic (exact) mass is 286 g/mol. The van der Waals surface area contributed by atoms with E-state index in [1.54, 1.807) is 12.1 Å². The zero-order valence-corrected chi connectivity index (χ0v) is 12.3. The van der Waals surface area contributed by atoms with Crippen LogP contribution in [0.4, 0.5) is 5.69 Å². The minimum absolute atomic E-state index is 0.476. The quantitative estimate of drug-likeness (QED) is 0.713. The molecule has 3 N–H and O–H groups in total. The summed E-state index contributed by atoms with van der Waals surface area (Å²) in [4.78, 5) is 0. The van der Waals surface area contributed by atoms with Crippen LogP contribution in [0.1, 0.15) is 25.3 Å². The number of ether oxygens (including phenoxy) is 1. The minimum Gasteiger partial charge on any atom is -0.491 e. The topological polar surface area (TPSA) is 81.4 Å². The first-order valence-corrected chi connectivity index (χ1v) is 8.29. The highest BCUT2D eigenvalue weighted by Crippen LogP contribution is 2.27. The van der Waals surface area contributed by atoms with E-state index in [1.807, 2.05) is 6.07 Å². The summed E-state index contributed by atoms with van der Waals surface area (Å²) >= 11 is 0. The first kappa shape index (κ1) is 15.8. The molecule has 0 aliphatic heterocycles. The van der Waals surface area contributed by atoms with E-state index in [0.717, 1.165) is 24.7 Å². The highest BCUT2D eigenvalue weighted by molar-refractivity contribution is 7.92. The largest absolute Gasteiger partial charge is 0.491 e. The van der Waals surface area contributed by atoms with E-state index in [1.165, 1.54) is 0 Å². The van der Waals surface area contributed by atoms with E-state index in [-0.39, 0.29) is 0 Å². The zero-order valence-electron chi connectivity index (χ0n) is 11.5. The third-order valence-electron chi connectivity index (χ3n) is 2.53. The van der Waals surface area contributed by atoms with Gasteiger partial charge < -0.3 is 10.5 Å². The van der Waals surface area contributed by atoms with Gasteiger partial charge in [0.1, 0.15) is 5.75 Å². The normalized spacial score (nSPS) is 11.3. The number of unbranched alkanes of at least 4 members (excludes halogenated alkanes) is 1. The van der Waals surface area contributed by atoms with Crippen LogP contribution in [0.25, 0.3) is 0 Å². The van der Waals surface area contributed by atoms with Gasteiger partial charge in [-0.1, -0.05) is 19.4 Å². The maximum Gasteiger partial charge on any atom is 0.229 e. The van der Waals surface area contributed by atoms with Crippen molar-refractivity contribution >= 4 is 15.7 Å². The van der Waals surface area contributed by atoms with Crippen molar-refractivity contribution in [2.45, 2.75) is 26.2 Å². The summed E-state index contributed by atoms with van der Waals surface area (Å²) in [5.41, 5.74) is 6.96. The highest BCUT2D eigenvalue weighted by atomic mass is 32.2. The Morgan fingerprint density at radius 2 is 2.11 bits per heavy atom. The predicted octanol–water partition coefficient (Wildman–Crippen LogP) is 1.74. The summed E-state index contributed by atoms with van der Waals surface area (Å²) in [6.07, 6.45) is 3.79. The smallest absolute Gasteiger partial charge is 0.229 e. The van der Waals surface area contributed by atoms with Crippen LogP contribution >= 0.6 is 0 Å². The second-order valence-corrected chi connectivity index (χ2v) is 6.19. The molecule has 0 spiro atoms. The van der Waals surface area contributed by atoms with E-state index in [2.05, 4.69) is 11.6 Å². The van der Waals surface area contributed by atoms with Crippen molar-refractivity contribution in [3.8, 4) is 5.75 Å². The number of nitrogens with two attached hydrogens (primary N) is 1. The maximum atomic E-state index is 11.4. The second-order valence-electron chi connectivity index (χ2n) is 4.45. The number of hydrogen-bond acceptors (Lipinski definition) is 4. The molecule has 108 valence electrons. The lowest BCUT2D eigenvalue weighted by molar-refractivity contribution is 0.311. The van der Waals surface area contributed by atoms with Crippen molar-refractivity contribution in [1.82, 2.24) is 0 Å². The molecule has 0 aliphatic rings. The number of anilines is 1. The Morgan fingerprint density at radius 1 is 1.37 bits per heavy atom. The molecule has 0 fully saturated rings. The fourth-order valence-electron chi connectivity index (χ4n) is 1.63. The van der Waals surface area contributed by atoms with Crippen LogP contribution in [0.2, 0.25) is 0 Å². The summed E-state index contributed by atoms with van der Waals surface area (Å²) in [5.74, 6) is 0.555. The Bertz CT molecular complexity index is 501. The molecule has 0 aliphatic carbocycles. The second kappa shape index (κ2) is 7.35. The fourth-order valence-corrected chi connectivity index (χ4v) is 2.19. The first-order valence-electron chi connectivity index (χ1n) is 6.40. The molecule has 1 aromatic rings. The molecule has 1 aromatic carbocycles. The minimum atomic E-state index is -3.32. The maximum absolute atomic E-state index is 11.4. The molecule has 0 saturated heterocycles. The van der Waals surface area contributed by atoms with Gasteiger partial charge in [0, 0.05) is 0 Å². The Kier molecular flexibility index (Phi) is 6.11. The molecule has 1 rings (SSSR count). The molecule has 0 radical (unpaired) electrons. The number of hydrogen-bond donors (Lipinski definition) is 2. The van der Waals surface area contributed by atoms with Gasteiger partial charge in [-0.3, -0.25) is 4.72 Å². The lowest BCUT2D eigenvalue weighted by Crippen LogP contribution is -2.12. The number of sulfonamides is 1. The van der Waals surface area contributed by atoms with Gasteiger partial charge in [0.25, 0.3) is 0 Å². The summed E-state index contributed by atoms with van der Waals surface area (Å²) in [7, 11) is -3.32. The van der Waals surface area contributed by atoms with Crippen LogP contribution in [0, 0.1) is 0 Å². The van der Waals surface area contributed by atoms with E-state index >= 15 is 0 Å². The molecule has 0 atom stereocenters. The summed E-state index contributed by atoms with van der Waals surface area (Å²) in [6, 6.07) is 5.46. The molecule has 0 aromatic heterocycles. The standard InChI is InChI=1S/C13H22N2O3S/c1-3-4-9-18-13-6-5-11(7-8-14)10-12(13)15-19(2,16)17/h5-6,10,15H,3-4,7-9,14H2,1-2H3. The molecule has 0 unspecified atom stereocenters. The number of rotatable bonds is 8. The lowest BCUT2D eigenvalue weighted by atomic mass is 10.1. The van der Waals surface area contributed by atoms with Crippen LogP contribution in [-0.4, -0.2) is 27.8 Å². The van der Waals surface area contributed by atoms with Crippen LogP contribution < -0.4 is 15.2 Å². The lowest BCUT2D eigenvalue weighted by Gasteiger charge is -2.13. The van der Waals surface area contributed by atoms with E-state index in [0.29, 0.717) is 31.0 Å². The van der Waals surface area contributed by atoms with Gasteiger partial charge in [-0.05, 0) is 37.1 Å². The van der Waals surface area contributed by atoms with Gasteiger partial charge in [0.05, 0.1) is 18.6 Å². The van der Waals surface area contributed by atoms with Crippen molar-refractivity contribution in [1.29, 1.82) is 0 Å². The zero-order chi connectivity index (χ0) is 14.3. The van der Waals surface area contributed by atoms with Crippen molar-refractivity contribution in [3.05, 3.63) is 23.8 Å². The van der Waals surface area contributed by atoms with Gasteiger partial charge in [-0.25, -0.2) is 8.42 Å². The molecule has 0 heterocycles. The van der Waals surface area contributed by atoms with E-state index in [4.69, 9.17) is 10.5 Å². The van der Waals surface area contributed by atoms with E-state index < -0.39 is 10.0 Å². The van der Waals surface area contributed by atoms with Crippen LogP contribution in [0.3, 0.4) is 0 Å². The molecular formula is C13H22N2O3S. The molecule has 0 amide bonds. The van der Waals surface area contributed by atoms with Crippen LogP contribution in [0.15, 0.2) is 18.2 Å². The van der Waals surface area contributed by atoms with Crippen molar-refractivity contribution in [2.75, 3.05) is 24.1 Å². The van der Waals surface area contributed by atoms with Gasteiger partial charge in [0.2, 0.25) is 10.0 Å². The molecular weight excluding hydrogens is 264 g/mol. The summed E-state index contributed by atoms with van der Waals surface area (Å²) in [6.45, 7) is 3.17. The third kappa shape index (κ3) is 5.94. The average Bonchev–Trinajstić information content (AvgIpc) is 2.30. The predicted molar refractivity (Wildman–Crippen MR) is 78.1 cm³/mol. The van der Waals surface area contributed by atoms with Crippen LogP contribution in [0.5, 0.6) is 5.75 Å². The third-order valence-corrected chi connectivity index (χ3v) is 3.12. The van der Waals surface area contributed by atoms with Gasteiger partial charge in [-0.2, -0.15) is 0 Å². The van der Waals surface area contributed by atoms with Crippen molar-refractivity contribution < 1.29 is 13.2 Å².